The third kappa shape index (κ3) is 3.07. The number of nitrogens with zero attached hydrogens (tertiary/aromatic N) is 4. The number of aromatic nitrogens is 3. The topological polar surface area (TPSA) is 51.0 Å². The summed E-state index contributed by atoms with van der Waals surface area (Å²) in [6.45, 7) is 6.63. The van der Waals surface area contributed by atoms with Gasteiger partial charge in [-0.15, -0.1) is 11.3 Å². The zero-order valence-corrected chi connectivity index (χ0v) is 13.4. The van der Waals surface area contributed by atoms with Gasteiger partial charge >= 0.3 is 0 Å². The van der Waals surface area contributed by atoms with Crippen molar-refractivity contribution in [2.24, 2.45) is 7.05 Å². The number of hydrogen-bond donors (Lipinski definition) is 0. The molecule has 0 saturated carbocycles. The van der Waals surface area contributed by atoms with E-state index in [1.807, 2.05) is 27.2 Å². The van der Waals surface area contributed by atoms with E-state index in [1.165, 1.54) is 11.3 Å². The van der Waals surface area contributed by atoms with Gasteiger partial charge in [-0.05, 0) is 6.92 Å². The van der Waals surface area contributed by atoms with Crippen molar-refractivity contribution < 1.29 is 4.79 Å². The van der Waals surface area contributed by atoms with Crippen LogP contribution in [0.1, 0.15) is 45.7 Å². The zero-order chi connectivity index (χ0) is 14.9. The fourth-order valence-corrected chi connectivity index (χ4v) is 3.00. The highest BCUT2D eigenvalue weighted by molar-refractivity contribution is 7.13. The van der Waals surface area contributed by atoms with Crippen LogP contribution in [0.4, 0.5) is 0 Å². The van der Waals surface area contributed by atoms with Crippen LogP contribution < -0.4 is 0 Å². The van der Waals surface area contributed by atoms with E-state index in [0.29, 0.717) is 12.5 Å². The fraction of sp³-hybridized carbons (Fsp3) is 0.500. The summed E-state index contributed by atoms with van der Waals surface area (Å²) >= 11 is 1.50. The molecule has 0 bridgehead atoms. The SMILES string of the molecule is Cc1nc(C(C)C)sc1C(=O)N(C)Cc1cnn(C)c1. The van der Waals surface area contributed by atoms with E-state index in [-0.39, 0.29) is 5.91 Å². The van der Waals surface area contributed by atoms with E-state index in [4.69, 9.17) is 0 Å². The summed E-state index contributed by atoms with van der Waals surface area (Å²) < 4.78 is 1.74. The summed E-state index contributed by atoms with van der Waals surface area (Å²) in [5, 5.41) is 5.13. The van der Waals surface area contributed by atoms with Crippen LogP contribution in [0.5, 0.6) is 0 Å². The minimum atomic E-state index is 0.0238. The van der Waals surface area contributed by atoms with Crippen molar-refractivity contribution in [3.8, 4) is 0 Å². The Morgan fingerprint density at radius 3 is 2.70 bits per heavy atom. The molecule has 0 spiro atoms. The number of hydrogen-bond acceptors (Lipinski definition) is 4. The molecule has 2 rings (SSSR count). The lowest BCUT2D eigenvalue weighted by Crippen LogP contribution is -2.25. The average molecular weight is 292 g/mol. The molecular formula is C14H20N4OS. The molecule has 0 aromatic carbocycles. The summed E-state index contributed by atoms with van der Waals surface area (Å²) in [6.07, 6.45) is 3.70. The number of thiazole rings is 1. The normalized spacial score (nSPS) is 11.1. The second kappa shape index (κ2) is 5.75. The number of amides is 1. The first kappa shape index (κ1) is 14.7. The Morgan fingerprint density at radius 2 is 2.20 bits per heavy atom. The molecule has 108 valence electrons. The molecule has 0 saturated heterocycles. The highest BCUT2D eigenvalue weighted by atomic mass is 32.1. The molecule has 0 fully saturated rings. The third-order valence-electron chi connectivity index (χ3n) is 3.03. The van der Waals surface area contributed by atoms with Crippen LogP contribution in [0.15, 0.2) is 12.4 Å². The average Bonchev–Trinajstić information content (AvgIpc) is 2.95. The van der Waals surface area contributed by atoms with Crippen molar-refractivity contribution in [1.82, 2.24) is 19.7 Å². The first-order valence-corrected chi connectivity index (χ1v) is 7.40. The molecule has 2 aromatic heterocycles. The van der Waals surface area contributed by atoms with Gasteiger partial charge in [0.25, 0.3) is 5.91 Å². The maximum absolute atomic E-state index is 12.5. The smallest absolute Gasteiger partial charge is 0.265 e. The highest BCUT2D eigenvalue weighted by Gasteiger charge is 2.20. The summed E-state index contributed by atoms with van der Waals surface area (Å²) in [6, 6.07) is 0. The van der Waals surface area contributed by atoms with Gasteiger partial charge in [-0.2, -0.15) is 5.10 Å². The van der Waals surface area contributed by atoms with Crippen LogP contribution in [-0.2, 0) is 13.6 Å². The van der Waals surface area contributed by atoms with Crippen LogP contribution in [0.25, 0.3) is 0 Å². The molecule has 2 heterocycles. The van der Waals surface area contributed by atoms with Crippen LogP contribution in [0.2, 0.25) is 0 Å². The summed E-state index contributed by atoms with van der Waals surface area (Å²) in [5.74, 6) is 0.375. The molecule has 0 aliphatic carbocycles. The summed E-state index contributed by atoms with van der Waals surface area (Å²) in [7, 11) is 3.68. The van der Waals surface area contributed by atoms with E-state index in [0.717, 1.165) is 21.1 Å². The first-order chi connectivity index (χ1) is 9.38. The van der Waals surface area contributed by atoms with Crippen molar-refractivity contribution in [2.75, 3.05) is 7.05 Å². The highest BCUT2D eigenvalue weighted by Crippen LogP contribution is 2.25. The van der Waals surface area contributed by atoms with Crippen molar-refractivity contribution in [3.63, 3.8) is 0 Å². The van der Waals surface area contributed by atoms with Crippen molar-refractivity contribution in [2.45, 2.75) is 33.2 Å². The lowest BCUT2D eigenvalue weighted by Gasteiger charge is -2.15. The van der Waals surface area contributed by atoms with Gasteiger partial charge in [-0.1, -0.05) is 13.8 Å². The van der Waals surface area contributed by atoms with E-state index in [1.54, 1.807) is 15.8 Å². The fourth-order valence-electron chi connectivity index (χ4n) is 1.94. The molecule has 0 aliphatic rings. The van der Waals surface area contributed by atoms with E-state index in [9.17, 15) is 4.79 Å². The third-order valence-corrected chi connectivity index (χ3v) is 4.47. The molecule has 0 radical (unpaired) electrons. The zero-order valence-electron chi connectivity index (χ0n) is 12.5. The van der Waals surface area contributed by atoms with E-state index < -0.39 is 0 Å². The van der Waals surface area contributed by atoms with Gasteiger partial charge in [0, 0.05) is 38.3 Å². The second-order valence-corrected chi connectivity index (χ2v) is 6.34. The van der Waals surface area contributed by atoms with Gasteiger partial charge in [0.1, 0.15) is 4.88 Å². The maximum atomic E-state index is 12.5. The molecule has 0 aliphatic heterocycles. The van der Waals surface area contributed by atoms with Gasteiger partial charge in [0.2, 0.25) is 0 Å². The Morgan fingerprint density at radius 1 is 1.50 bits per heavy atom. The molecule has 6 heteroatoms. The van der Waals surface area contributed by atoms with Gasteiger partial charge in [0.15, 0.2) is 0 Å². The minimum Gasteiger partial charge on any atom is -0.337 e. The Labute approximate surface area is 123 Å². The second-order valence-electron chi connectivity index (χ2n) is 5.30. The Balaban J connectivity index is 2.14. The molecule has 5 nitrogen and oxygen atoms in total. The quantitative estimate of drug-likeness (QED) is 0.870. The predicted octanol–water partition coefficient (Wildman–Crippen LogP) is 2.58. The first-order valence-electron chi connectivity index (χ1n) is 6.58. The largest absolute Gasteiger partial charge is 0.337 e. The Kier molecular flexibility index (Phi) is 4.23. The predicted molar refractivity (Wildman–Crippen MR) is 79.9 cm³/mol. The van der Waals surface area contributed by atoms with Crippen molar-refractivity contribution >= 4 is 17.2 Å². The maximum Gasteiger partial charge on any atom is 0.265 e. The van der Waals surface area contributed by atoms with Gasteiger partial charge in [0.05, 0.1) is 16.9 Å². The monoisotopic (exact) mass is 292 g/mol. The molecule has 0 atom stereocenters. The Hall–Kier alpha value is -1.69. The van der Waals surface area contributed by atoms with Crippen LogP contribution in [0.3, 0.4) is 0 Å². The lowest BCUT2D eigenvalue weighted by molar-refractivity contribution is 0.0789. The molecule has 1 amide bonds. The molecule has 0 unspecified atom stereocenters. The molecule has 2 aromatic rings. The standard InChI is InChI=1S/C14H20N4OS/c1-9(2)13-16-10(3)12(20-13)14(19)17(4)7-11-6-15-18(5)8-11/h6,8-9H,7H2,1-5H3. The minimum absolute atomic E-state index is 0.0238. The molecule has 0 N–H and O–H groups in total. The van der Waals surface area contributed by atoms with E-state index >= 15 is 0 Å². The van der Waals surface area contributed by atoms with Gasteiger partial charge in [-0.25, -0.2) is 4.98 Å². The number of aryl methyl sites for hydroxylation is 2. The number of carbonyl (C=O) groups excluding carboxylic acids is 1. The van der Waals surface area contributed by atoms with Gasteiger partial charge in [-0.3, -0.25) is 9.48 Å². The molecule has 20 heavy (non-hydrogen) atoms. The van der Waals surface area contributed by atoms with Gasteiger partial charge < -0.3 is 4.90 Å². The summed E-state index contributed by atoms with van der Waals surface area (Å²) in [5.41, 5.74) is 1.84. The van der Waals surface area contributed by atoms with Crippen molar-refractivity contribution in [1.29, 1.82) is 0 Å². The van der Waals surface area contributed by atoms with Crippen molar-refractivity contribution in [3.05, 3.63) is 33.5 Å². The lowest BCUT2D eigenvalue weighted by atomic mass is 10.2. The molecular weight excluding hydrogens is 272 g/mol. The van der Waals surface area contributed by atoms with Crippen LogP contribution in [-0.4, -0.2) is 32.6 Å². The number of rotatable bonds is 4. The summed E-state index contributed by atoms with van der Waals surface area (Å²) in [4.78, 5) is 19.4. The van der Waals surface area contributed by atoms with Crippen LogP contribution in [0, 0.1) is 6.92 Å². The Bertz CT molecular complexity index is 614. The number of carbonyl (C=O) groups is 1. The van der Waals surface area contributed by atoms with E-state index in [2.05, 4.69) is 23.9 Å². The van der Waals surface area contributed by atoms with Crippen LogP contribution >= 0.6 is 11.3 Å².